The largest absolute Gasteiger partial charge is 0.478 e. The van der Waals surface area contributed by atoms with Crippen molar-refractivity contribution in [3.63, 3.8) is 0 Å². The fourth-order valence-corrected chi connectivity index (χ4v) is 1.34. The summed E-state index contributed by atoms with van der Waals surface area (Å²) in [6, 6.07) is 2.95. The molecule has 0 radical (unpaired) electrons. The third kappa shape index (κ3) is 1.71. The first-order valence-corrected chi connectivity index (χ1v) is 3.97. The van der Waals surface area contributed by atoms with Crippen molar-refractivity contribution < 1.29 is 9.90 Å². The molecule has 0 aliphatic carbocycles. The number of carbonyl (C=O) groups is 1. The van der Waals surface area contributed by atoms with E-state index in [9.17, 15) is 4.79 Å². The van der Waals surface area contributed by atoms with Crippen LogP contribution in [0.2, 0.25) is 10.0 Å². The van der Waals surface area contributed by atoms with Crippen molar-refractivity contribution in [1.29, 1.82) is 0 Å². The van der Waals surface area contributed by atoms with Gasteiger partial charge in [0.1, 0.15) is 0 Å². The van der Waals surface area contributed by atoms with Crippen molar-refractivity contribution in [3.8, 4) is 0 Å². The average Bonchev–Trinajstić information content (AvgIpc) is 1.96. The molecule has 12 heavy (non-hydrogen) atoms. The van der Waals surface area contributed by atoms with Gasteiger partial charge < -0.3 is 5.11 Å². The van der Waals surface area contributed by atoms with Crippen LogP contribution in [0.1, 0.15) is 15.9 Å². The number of rotatable bonds is 1. The normalized spacial score (nSPS) is 9.92. The van der Waals surface area contributed by atoms with Crippen LogP contribution < -0.4 is 0 Å². The Balaban J connectivity index is 3.37. The van der Waals surface area contributed by atoms with Crippen molar-refractivity contribution in [1.82, 2.24) is 0 Å². The second kappa shape index (κ2) is 3.33. The van der Waals surface area contributed by atoms with Crippen molar-refractivity contribution in [3.05, 3.63) is 33.3 Å². The summed E-state index contributed by atoms with van der Waals surface area (Å²) in [6.45, 7) is 1.71. The van der Waals surface area contributed by atoms with Gasteiger partial charge >= 0.3 is 5.97 Å². The Bertz CT molecular complexity index is 334. The van der Waals surface area contributed by atoms with Crippen LogP contribution in [0, 0.1) is 6.92 Å². The second-order valence-corrected chi connectivity index (χ2v) is 3.20. The van der Waals surface area contributed by atoms with Crippen molar-refractivity contribution in [2.75, 3.05) is 0 Å². The summed E-state index contributed by atoms with van der Waals surface area (Å²) in [5.41, 5.74) is 0.711. The third-order valence-electron chi connectivity index (χ3n) is 1.45. The zero-order valence-corrected chi connectivity index (χ0v) is 7.78. The quantitative estimate of drug-likeness (QED) is 0.764. The summed E-state index contributed by atoms with van der Waals surface area (Å²) in [7, 11) is 0. The van der Waals surface area contributed by atoms with E-state index in [-0.39, 0.29) is 10.6 Å². The molecule has 0 amide bonds. The minimum atomic E-state index is -1.06. The lowest BCUT2D eigenvalue weighted by atomic mass is 10.1. The number of hydrogen-bond acceptors (Lipinski definition) is 1. The molecule has 2 nitrogen and oxygen atoms in total. The molecule has 64 valence electrons. The fourth-order valence-electron chi connectivity index (χ4n) is 0.881. The molecule has 0 fully saturated rings. The number of benzene rings is 1. The van der Waals surface area contributed by atoms with Crippen LogP contribution in [0.25, 0.3) is 0 Å². The number of carboxylic acids is 1. The van der Waals surface area contributed by atoms with Crippen LogP contribution in [0.5, 0.6) is 0 Å². The smallest absolute Gasteiger partial charge is 0.337 e. The monoisotopic (exact) mass is 204 g/mol. The van der Waals surface area contributed by atoms with Gasteiger partial charge in [-0.25, -0.2) is 4.79 Å². The van der Waals surface area contributed by atoms with Crippen molar-refractivity contribution in [2.45, 2.75) is 6.92 Å². The van der Waals surface area contributed by atoms with Gasteiger partial charge in [0.25, 0.3) is 0 Å². The first-order chi connectivity index (χ1) is 5.52. The Morgan fingerprint density at radius 2 is 2.00 bits per heavy atom. The molecular formula is C8H6Cl2O2. The Hall–Kier alpha value is -0.730. The van der Waals surface area contributed by atoms with E-state index in [1.807, 2.05) is 0 Å². The zero-order chi connectivity index (χ0) is 9.30. The predicted molar refractivity (Wildman–Crippen MR) is 48.2 cm³/mol. The van der Waals surface area contributed by atoms with E-state index < -0.39 is 5.97 Å². The number of halogens is 2. The summed E-state index contributed by atoms with van der Waals surface area (Å²) in [5, 5.41) is 9.30. The highest BCUT2D eigenvalue weighted by Gasteiger charge is 2.11. The minimum Gasteiger partial charge on any atom is -0.478 e. The zero-order valence-electron chi connectivity index (χ0n) is 6.27. The van der Waals surface area contributed by atoms with E-state index in [0.717, 1.165) is 0 Å². The molecule has 0 saturated heterocycles. The number of hydrogen-bond donors (Lipinski definition) is 1. The molecule has 0 aliphatic rings. The van der Waals surface area contributed by atoms with Gasteiger partial charge in [0.15, 0.2) is 0 Å². The van der Waals surface area contributed by atoms with Crippen LogP contribution in [0.3, 0.4) is 0 Å². The maximum absolute atomic E-state index is 10.6. The summed E-state index contributed by atoms with van der Waals surface area (Å²) < 4.78 is 0. The number of aromatic carboxylic acids is 1. The summed E-state index contributed by atoms with van der Waals surface area (Å²) in [6.07, 6.45) is 0. The molecule has 0 atom stereocenters. The lowest BCUT2D eigenvalue weighted by Crippen LogP contribution is -1.98. The van der Waals surface area contributed by atoms with Gasteiger partial charge in [-0.1, -0.05) is 23.2 Å². The van der Waals surface area contributed by atoms with Gasteiger partial charge in [-0.05, 0) is 24.6 Å². The standard InChI is InChI=1S/C8H6Cl2O2/c1-4-2-5(9)3-6(7(4)10)8(11)12/h2-3H,1H3,(H,11,12). The highest BCUT2D eigenvalue weighted by molar-refractivity contribution is 6.36. The molecule has 1 aromatic rings. The van der Waals surface area contributed by atoms with Gasteiger partial charge in [0, 0.05) is 5.02 Å². The molecule has 0 unspecified atom stereocenters. The third-order valence-corrected chi connectivity index (χ3v) is 2.17. The molecule has 4 heteroatoms. The van der Waals surface area contributed by atoms with Crippen molar-refractivity contribution >= 4 is 29.2 Å². The SMILES string of the molecule is Cc1cc(Cl)cc(C(=O)O)c1Cl. The molecule has 0 bridgehead atoms. The molecule has 1 N–H and O–H groups in total. The fraction of sp³-hybridized carbons (Fsp3) is 0.125. The van der Waals surface area contributed by atoms with Crippen LogP contribution in [-0.2, 0) is 0 Å². The van der Waals surface area contributed by atoms with Gasteiger partial charge in [0.2, 0.25) is 0 Å². The van der Waals surface area contributed by atoms with Gasteiger partial charge in [0.05, 0.1) is 10.6 Å². The molecule has 0 aliphatic heterocycles. The minimum absolute atomic E-state index is 0.0432. The first-order valence-electron chi connectivity index (χ1n) is 3.21. The number of carboxylic acid groups (broad SMARTS) is 1. The van der Waals surface area contributed by atoms with Crippen molar-refractivity contribution in [2.24, 2.45) is 0 Å². The molecule has 1 rings (SSSR count). The highest BCUT2D eigenvalue weighted by atomic mass is 35.5. The Morgan fingerprint density at radius 3 is 2.50 bits per heavy atom. The molecular weight excluding hydrogens is 199 g/mol. The maximum Gasteiger partial charge on any atom is 0.337 e. The second-order valence-electron chi connectivity index (χ2n) is 2.39. The Kier molecular flexibility index (Phi) is 2.60. The topological polar surface area (TPSA) is 37.3 Å². The van der Waals surface area contributed by atoms with Crippen LogP contribution in [-0.4, -0.2) is 11.1 Å². The molecule has 0 heterocycles. The van der Waals surface area contributed by atoms with Gasteiger partial charge in [-0.3, -0.25) is 0 Å². The van der Waals surface area contributed by atoms with Gasteiger partial charge in [-0.2, -0.15) is 0 Å². The molecule has 0 saturated carbocycles. The molecule has 0 spiro atoms. The van der Waals surface area contributed by atoms with Crippen LogP contribution in [0.15, 0.2) is 12.1 Å². The lowest BCUT2D eigenvalue weighted by molar-refractivity contribution is 0.0697. The molecule has 1 aromatic carbocycles. The molecule has 0 aromatic heterocycles. The van der Waals surface area contributed by atoms with E-state index in [4.69, 9.17) is 28.3 Å². The number of aryl methyl sites for hydroxylation is 1. The summed E-state index contributed by atoms with van der Waals surface area (Å²) in [5.74, 6) is -1.06. The highest BCUT2D eigenvalue weighted by Crippen LogP contribution is 2.24. The van der Waals surface area contributed by atoms with E-state index in [2.05, 4.69) is 0 Å². The van der Waals surface area contributed by atoms with E-state index in [0.29, 0.717) is 10.6 Å². The summed E-state index contributed by atoms with van der Waals surface area (Å²) in [4.78, 5) is 10.6. The Morgan fingerprint density at radius 1 is 1.42 bits per heavy atom. The van der Waals surface area contributed by atoms with Gasteiger partial charge in [-0.15, -0.1) is 0 Å². The predicted octanol–water partition coefficient (Wildman–Crippen LogP) is 3.00. The first kappa shape index (κ1) is 9.36. The average molecular weight is 205 g/mol. The lowest BCUT2D eigenvalue weighted by Gasteiger charge is -2.02. The van der Waals surface area contributed by atoms with Crippen LogP contribution >= 0.6 is 23.2 Å². The van der Waals surface area contributed by atoms with E-state index in [1.165, 1.54) is 6.07 Å². The van der Waals surface area contributed by atoms with Crippen LogP contribution in [0.4, 0.5) is 0 Å². The van der Waals surface area contributed by atoms with E-state index >= 15 is 0 Å². The Labute approximate surface area is 79.7 Å². The van der Waals surface area contributed by atoms with E-state index in [1.54, 1.807) is 13.0 Å². The maximum atomic E-state index is 10.6. The summed E-state index contributed by atoms with van der Waals surface area (Å²) >= 11 is 11.4.